The van der Waals surface area contributed by atoms with Crippen LogP contribution in [0.5, 0.6) is 0 Å². The van der Waals surface area contributed by atoms with Crippen molar-refractivity contribution >= 4 is 33.2 Å². The number of halogens is 1. The van der Waals surface area contributed by atoms with Gasteiger partial charge in [0.2, 0.25) is 0 Å². The summed E-state index contributed by atoms with van der Waals surface area (Å²) in [5.41, 5.74) is 0.518. The normalized spacial score (nSPS) is 11.8. The molecule has 0 amide bonds. The Kier molecular flexibility index (Phi) is 3.33. The Morgan fingerprint density at radius 2 is 2.17 bits per heavy atom. The topological polar surface area (TPSA) is 55.1 Å². The van der Waals surface area contributed by atoms with Crippen LogP contribution in [0.3, 0.4) is 0 Å². The molecule has 2 aromatic rings. The average Bonchev–Trinajstić information content (AvgIpc) is 2.81. The zero-order valence-corrected chi connectivity index (χ0v) is 12.7. The average molecular weight is 329 g/mol. The fourth-order valence-corrected chi connectivity index (χ4v) is 2.92. The number of carboxylic acid groups (broad SMARTS) is 1. The Hall–Kier alpha value is -1.14. The molecule has 0 fully saturated rings. The minimum atomic E-state index is -0.954. The van der Waals surface area contributed by atoms with Gasteiger partial charge >= 0.3 is 5.97 Å². The van der Waals surface area contributed by atoms with Crippen molar-refractivity contribution in [2.24, 2.45) is 0 Å². The number of rotatable bonds is 2. The molecule has 96 valence electrons. The maximum absolute atomic E-state index is 11.3. The van der Waals surface area contributed by atoms with E-state index >= 15 is 0 Å². The summed E-state index contributed by atoms with van der Waals surface area (Å²) in [6, 6.07) is 1.88. The van der Waals surface area contributed by atoms with E-state index in [1.807, 2.05) is 32.2 Å². The molecule has 0 aliphatic rings. The number of carboxylic acids is 1. The smallest absolute Gasteiger partial charge is 0.339 e. The van der Waals surface area contributed by atoms with E-state index in [1.54, 1.807) is 10.9 Å². The molecule has 2 heterocycles. The van der Waals surface area contributed by atoms with Crippen molar-refractivity contribution in [3.8, 4) is 10.6 Å². The van der Waals surface area contributed by atoms with Gasteiger partial charge in [-0.25, -0.2) is 4.79 Å². The molecule has 0 aromatic carbocycles. The summed E-state index contributed by atoms with van der Waals surface area (Å²) in [7, 11) is 0. The van der Waals surface area contributed by atoms with Crippen LogP contribution < -0.4 is 0 Å². The second kappa shape index (κ2) is 4.51. The van der Waals surface area contributed by atoms with Crippen LogP contribution in [0.1, 0.15) is 31.1 Å². The minimum Gasteiger partial charge on any atom is -0.478 e. The van der Waals surface area contributed by atoms with Crippen molar-refractivity contribution in [2.75, 3.05) is 0 Å². The predicted molar refractivity (Wildman–Crippen MR) is 75.2 cm³/mol. The monoisotopic (exact) mass is 328 g/mol. The standard InChI is InChI=1S/C12H13BrN2O2S/c1-12(2,3)15-5-8(11(16)17)10(14-15)9-4-7(13)6-18-9/h4-6H,1-3H3,(H,16,17). The van der Waals surface area contributed by atoms with Crippen molar-refractivity contribution in [3.05, 3.63) is 27.7 Å². The first-order valence-electron chi connectivity index (χ1n) is 5.37. The van der Waals surface area contributed by atoms with Gasteiger partial charge in [0.15, 0.2) is 0 Å². The number of aromatic nitrogens is 2. The number of carbonyl (C=O) groups is 1. The molecule has 0 aliphatic carbocycles. The van der Waals surface area contributed by atoms with Gasteiger partial charge in [-0.1, -0.05) is 0 Å². The highest BCUT2D eigenvalue weighted by Crippen LogP contribution is 2.32. The molecule has 4 nitrogen and oxygen atoms in total. The van der Waals surface area contributed by atoms with Gasteiger partial charge in [-0.2, -0.15) is 5.10 Å². The third kappa shape index (κ3) is 2.49. The third-order valence-corrected chi connectivity index (χ3v) is 4.13. The zero-order chi connectivity index (χ0) is 13.5. The van der Waals surface area contributed by atoms with Crippen LogP contribution in [0.15, 0.2) is 22.1 Å². The first kappa shape index (κ1) is 13.3. The molecule has 0 aliphatic heterocycles. The van der Waals surface area contributed by atoms with Gasteiger partial charge in [0.05, 0.1) is 10.4 Å². The number of aromatic carboxylic acids is 1. The summed E-state index contributed by atoms with van der Waals surface area (Å²) in [6.45, 7) is 5.96. The third-order valence-electron chi connectivity index (χ3n) is 2.43. The minimum absolute atomic E-state index is 0.235. The van der Waals surface area contributed by atoms with Crippen LogP contribution >= 0.6 is 27.3 Å². The fraction of sp³-hybridized carbons (Fsp3) is 0.333. The van der Waals surface area contributed by atoms with Crippen LogP contribution in [0.4, 0.5) is 0 Å². The molecular formula is C12H13BrN2O2S. The van der Waals surface area contributed by atoms with E-state index in [-0.39, 0.29) is 11.1 Å². The summed E-state index contributed by atoms with van der Waals surface area (Å²) in [4.78, 5) is 12.1. The molecular weight excluding hydrogens is 316 g/mol. The first-order valence-corrected chi connectivity index (χ1v) is 7.04. The molecule has 0 unspecified atom stereocenters. The molecule has 2 rings (SSSR count). The second-order valence-corrected chi connectivity index (χ2v) is 6.77. The van der Waals surface area contributed by atoms with E-state index in [1.165, 1.54) is 11.3 Å². The Morgan fingerprint density at radius 1 is 1.50 bits per heavy atom. The number of nitrogens with zero attached hydrogens (tertiary/aromatic N) is 2. The molecule has 0 saturated carbocycles. The van der Waals surface area contributed by atoms with Crippen LogP contribution in [0, 0.1) is 0 Å². The lowest BCUT2D eigenvalue weighted by Gasteiger charge is -2.18. The summed E-state index contributed by atoms with van der Waals surface area (Å²) >= 11 is 4.84. The molecule has 18 heavy (non-hydrogen) atoms. The molecule has 0 atom stereocenters. The van der Waals surface area contributed by atoms with Crippen LogP contribution in [-0.2, 0) is 5.54 Å². The van der Waals surface area contributed by atoms with E-state index in [4.69, 9.17) is 0 Å². The summed E-state index contributed by atoms with van der Waals surface area (Å²) < 4.78 is 2.63. The number of hydrogen-bond acceptors (Lipinski definition) is 3. The second-order valence-electron chi connectivity index (χ2n) is 4.94. The highest BCUT2D eigenvalue weighted by Gasteiger charge is 2.23. The number of hydrogen-bond donors (Lipinski definition) is 1. The van der Waals surface area contributed by atoms with Gasteiger partial charge in [0, 0.05) is 16.0 Å². The maximum Gasteiger partial charge on any atom is 0.339 e. The maximum atomic E-state index is 11.3. The fourth-order valence-electron chi connectivity index (χ4n) is 1.49. The van der Waals surface area contributed by atoms with Crippen LogP contribution in [0.2, 0.25) is 0 Å². The van der Waals surface area contributed by atoms with E-state index in [0.717, 1.165) is 9.35 Å². The van der Waals surface area contributed by atoms with Gasteiger partial charge in [-0.3, -0.25) is 4.68 Å². The van der Waals surface area contributed by atoms with E-state index in [9.17, 15) is 9.90 Å². The van der Waals surface area contributed by atoms with Crippen molar-refractivity contribution in [1.29, 1.82) is 0 Å². The van der Waals surface area contributed by atoms with Crippen molar-refractivity contribution in [2.45, 2.75) is 26.3 Å². The largest absolute Gasteiger partial charge is 0.478 e. The first-order chi connectivity index (χ1) is 8.29. The number of thiophene rings is 1. The van der Waals surface area contributed by atoms with Crippen LogP contribution in [0.25, 0.3) is 10.6 Å². The Morgan fingerprint density at radius 3 is 2.61 bits per heavy atom. The zero-order valence-electron chi connectivity index (χ0n) is 10.3. The predicted octanol–water partition coefficient (Wildman–Crippen LogP) is 3.83. The molecule has 0 bridgehead atoms. The molecule has 0 radical (unpaired) electrons. The lowest BCUT2D eigenvalue weighted by atomic mass is 10.1. The summed E-state index contributed by atoms with van der Waals surface area (Å²) in [5, 5.41) is 15.6. The lowest BCUT2D eigenvalue weighted by molar-refractivity contribution is 0.0697. The Bertz CT molecular complexity index is 595. The van der Waals surface area contributed by atoms with Gasteiger partial charge in [-0.15, -0.1) is 11.3 Å². The molecule has 6 heteroatoms. The lowest BCUT2D eigenvalue weighted by Crippen LogP contribution is -2.22. The van der Waals surface area contributed by atoms with E-state index < -0.39 is 5.97 Å². The van der Waals surface area contributed by atoms with E-state index in [0.29, 0.717) is 5.69 Å². The highest BCUT2D eigenvalue weighted by atomic mass is 79.9. The molecule has 2 aromatic heterocycles. The van der Waals surface area contributed by atoms with Gasteiger partial charge < -0.3 is 5.11 Å². The van der Waals surface area contributed by atoms with Gasteiger partial charge in [0.25, 0.3) is 0 Å². The SMILES string of the molecule is CC(C)(C)n1cc(C(=O)O)c(-c2cc(Br)cs2)n1. The van der Waals surface area contributed by atoms with Crippen molar-refractivity contribution in [1.82, 2.24) is 9.78 Å². The molecule has 0 spiro atoms. The Balaban J connectivity index is 2.59. The summed E-state index contributed by atoms with van der Waals surface area (Å²) in [6.07, 6.45) is 1.59. The van der Waals surface area contributed by atoms with Crippen molar-refractivity contribution < 1.29 is 9.90 Å². The Labute approximate surface area is 117 Å². The van der Waals surface area contributed by atoms with E-state index in [2.05, 4.69) is 21.0 Å². The molecule has 1 N–H and O–H groups in total. The van der Waals surface area contributed by atoms with Crippen molar-refractivity contribution in [3.63, 3.8) is 0 Å². The molecule has 0 saturated heterocycles. The quantitative estimate of drug-likeness (QED) is 0.911. The van der Waals surface area contributed by atoms with Gasteiger partial charge in [-0.05, 0) is 42.8 Å². The highest BCUT2D eigenvalue weighted by molar-refractivity contribution is 9.10. The van der Waals surface area contributed by atoms with Crippen LogP contribution in [-0.4, -0.2) is 20.9 Å². The summed E-state index contributed by atoms with van der Waals surface area (Å²) in [5.74, 6) is -0.954. The van der Waals surface area contributed by atoms with Gasteiger partial charge in [0.1, 0.15) is 11.3 Å².